The first kappa shape index (κ1) is 19.3. The van der Waals surface area contributed by atoms with Crippen molar-refractivity contribution in [2.75, 3.05) is 0 Å². The van der Waals surface area contributed by atoms with Crippen LogP contribution < -0.4 is 5.32 Å². The third-order valence-electron chi connectivity index (χ3n) is 3.56. The lowest BCUT2D eigenvalue weighted by atomic mass is 10.0. The van der Waals surface area contributed by atoms with Crippen LogP contribution in [-0.4, -0.2) is 33.9 Å². The van der Waals surface area contributed by atoms with E-state index in [1.54, 1.807) is 51.1 Å². The van der Waals surface area contributed by atoms with E-state index in [0.717, 1.165) is 16.7 Å². The zero-order valence-corrected chi connectivity index (χ0v) is 15.0. The number of ether oxygens (including phenoxy) is 1. The van der Waals surface area contributed by atoms with Crippen molar-refractivity contribution in [2.45, 2.75) is 38.8 Å². The minimum atomic E-state index is -1.13. The molecule has 0 spiro atoms. The van der Waals surface area contributed by atoms with E-state index in [2.05, 4.69) is 5.32 Å². The number of carboxylic acids is 1. The second-order valence-corrected chi connectivity index (χ2v) is 6.99. The van der Waals surface area contributed by atoms with Gasteiger partial charge in [0, 0.05) is 6.42 Å². The Bertz CT molecular complexity index is 778. The first-order valence-electron chi connectivity index (χ1n) is 8.25. The Morgan fingerprint density at radius 3 is 2.27 bits per heavy atom. The smallest absolute Gasteiger partial charge is 0.408 e. The molecule has 0 aromatic heterocycles. The van der Waals surface area contributed by atoms with Crippen molar-refractivity contribution < 1.29 is 24.5 Å². The summed E-state index contributed by atoms with van der Waals surface area (Å²) in [4.78, 5) is 23.2. The molecule has 0 saturated heterocycles. The zero-order valence-electron chi connectivity index (χ0n) is 15.0. The molecule has 1 amide bonds. The van der Waals surface area contributed by atoms with Gasteiger partial charge in [0.2, 0.25) is 0 Å². The topological polar surface area (TPSA) is 95.9 Å². The van der Waals surface area contributed by atoms with Crippen LogP contribution in [0.15, 0.2) is 48.5 Å². The summed E-state index contributed by atoms with van der Waals surface area (Å²) < 4.78 is 5.11. The highest BCUT2D eigenvalue weighted by Crippen LogP contribution is 2.23. The number of hydrogen-bond donors (Lipinski definition) is 3. The van der Waals surface area contributed by atoms with E-state index >= 15 is 0 Å². The number of carbonyl (C=O) groups is 2. The van der Waals surface area contributed by atoms with Crippen molar-refractivity contribution in [3.05, 3.63) is 54.1 Å². The van der Waals surface area contributed by atoms with Crippen LogP contribution in [0.1, 0.15) is 26.3 Å². The van der Waals surface area contributed by atoms with Gasteiger partial charge >= 0.3 is 12.1 Å². The van der Waals surface area contributed by atoms with Crippen molar-refractivity contribution in [2.24, 2.45) is 0 Å². The highest BCUT2D eigenvalue weighted by molar-refractivity contribution is 5.80. The summed E-state index contributed by atoms with van der Waals surface area (Å²) >= 11 is 0. The molecule has 2 aromatic carbocycles. The molecule has 0 saturated carbocycles. The SMILES string of the molecule is CC(C)(C)OC(=O)N[C@@H](Cc1ccc(-c2cccc(O)c2)cc1)C(=O)O. The summed E-state index contributed by atoms with van der Waals surface area (Å²) in [5, 5.41) is 21.3. The van der Waals surface area contributed by atoms with Gasteiger partial charge in [-0.25, -0.2) is 9.59 Å². The number of nitrogens with one attached hydrogen (secondary N) is 1. The molecule has 3 N–H and O–H groups in total. The summed E-state index contributed by atoms with van der Waals surface area (Å²) in [6, 6.07) is 13.1. The van der Waals surface area contributed by atoms with E-state index in [0.29, 0.717) is 0 Å². The molecule has 0 unspecified atom stereocenters. The second-order valence-electron chi connectivity index (χ2n) is 6.99. The van der Waals surface area contributed by atoms with Crippen molar-refractivity contribution in [3.8, 4) is 16.9 Å². The molecule has 2 aromatic rings. The molecule has 138 valence electrons. The predicted molar refractivity (Wildman–Crippen MR) is 98.0 cm³/mol. The molecule has 6 heteroatoms. The largest absolute Gasteiger partial charge is 0.508 e. The number of carboxylic acid groups (broad SMARTS) is 1. The van der Waals surface area contributed by atoms with Crippen molar-refractivity contribution >= 4 is 12.1 Å². The average Bonchev–Trinajstić information content (AvgIpc) is 2.53. The van der Waals surface area contributed by atoms with Gasteiger partial charge in [0.25, 0.3) is 0 Å². The Hall–Kier alpha value is -3.02. The van der Waals surface area contributed by atoms with Crippen LogP contribution in [0.4, 0.5) is 4.79 Å². The number of aromatic hydroxyl groups is 1. The minimum Gasteiger partial charge on any atom is -0.508 e. The molecule has 0 bridgehead atoms. The third-order valence-corrected chi connectivity index (χ3v) is 3.56. The van der Waals surface area contributed by atoms with Crippen LogP contribution >= 0.6 is 0 Å². The van der Waals surface area contributed by atoms with E-state index in [9.17, 15) is 19.8 Å². The number of alkyl carbamates (subject to hydrolysis) is 1. The van der Waals surface area contributed by atoms with E-state index < -0.39 is 23.7 Å². The Morgan fingerprint density at radius 2 is 1.73 bits per heavy atom. The Labute approximate surface area is 152 Å². The molecule has 0 heterocycles. The molecule has 0 aliphatic rings. The fraction of sp³-hybridized carbons (Fsp3) is 0.300. The lowest BCUT2D eigenvalue weighted by Crippen LogP contribution is -2.44. The second kappa shape index (κ2) is 7.91. The maximum atomic E-state index is 11.8. The van der Waals surface area contributed by atoms with Crippen LogP contribution in [0.5, 0.6) is 5.75 Å². The van der Waals surface area contributed by atoms with Crippen LogP contribution in [0, 0.1) is 0 Å². The number of amides is 1. The quantitative estimate of drug-likeness (QED) is 0.760. The number of hydrogen-bond acceptors (Lipinski definition) is 4. The monoisotopic (exact) mass is 357 g/mol. The maximum Gasteiger partial charge on any atom is 0.408 e. The number of carbonyl (C=O) groups excluding carboxylic acids is 1. The fourth-order valence-electron chi connectivity index (χ4n) is 2.40. The van der Waals surface area contributed by atoms with E-state index in [4.69, 9.17) is 4.74 Å². The van der Waals surface area contributed by atoms with Gasteiger partial charge in [-0.05, 0) is 49.6 Å². The molecule has 0 radical (unpaired) electrons. The van der Waals surface area contributed by atoms with Crippen LogP contribution in [-0.2, 0) is 16.0 Å². The molecular formula is C20H23NO5. The lowest BCUT2D eigenvalue weighted by molar-refractivity contribution is -0.139. The number of aliphatic carboxylic acids is 1. The molecule has 1 atom stereocenters. The summed E-state index contributed by atoms with van der Waals surface area (Å²) in [5.74, 6) is -0.952. The summed E-state index contributed by atoms with van der Waals surface area (Å²) in [6.45, 7) is 5.13. The van der Waals surface area contributed by atoms with E-state index in [1.165, 1.54) is 0 Å². The molecular weight excluding hydrogens is 334 g/mol. The third kappa shape index (κ3) is 5.81. The van der Waals surface area contributed by atoms with Gasteiger partial charge in [-0.1, -0.05) is 36.4 Å². The first-order chi connectivity index (χ1) is 12.1. The Kier molecular flexibility index (Phi) is 5.87. The van der Waals surface area contributed by atoms with Crippen LogP contribution in [0.25, 0.3) is 11.1 Å². The van der Waals surface area contributed by atoms with Gasteiger partial charge < -0.3 is 20.3 Å². The first-order valence-corrected chi connectivity index (χ1v) is 8.25. The predicted octanol–water partition coefficient (Wildman–Crippen LogP) is 3.58. The van der Waals surface area contributed by atoms with Gasteiger partial charge in [-0.3, -0.25) is 0 Å². The zero-order chi connectivity index (χ0) is 19.3. The summed E-state index contributed by atoms with van der Waals surface area (Å²) in [5.41, 5.74) is 1.82. The molecule has 0 aliphatic carbocycles. The fourth-order valence-corrected chi connectivity index (χ4v) is 2.40. The van der Waals surface area contributed by atoms with Crippen molar-refractivity contribution in [1.29, 1.82) is 0 Å². The Morgan fingerprint density at radius 1 is 1.08 bits per heavy atom. The van der Waals surface area contributed by atoms with Crippen LogP contribution in [0.2, 0.25) is 0 Å². The van der Waals surface area contributed by atoms with Crippen molar-refractivity contribution in [1.82, 2.24) is 5.32 Å². The van der Waals surface area contributed by atoms with E-state index in [1.807, 2.05) is 18.2 Å². The Balaban J connectivity index is 2.07. The van der Waals surface area contributed by atoms with Gasteiger partial charge in [0.1, 0.15) is 17.4 Å². The molecule has 6 nitrogen and oxygen atoms in total. The minimum absolute atomic E-state index is 0.134. The highest BCUT2D eigenvalue weighted by Gasteiger charge is 2.24. The molecule has 26 heavy (non-hydrogen) atoms. The maximum absolute atomic E-state index is 11.8. The number of phenolic OH excluding ortho intramolecular Hbond substituents is 1. The molecule has 0 fully saturated rings. The van der Waals surface area contributed by atoms with Gasteiger partial charge in [0.15, 0.2) is 0 Å². The standard InChI is InChI=1S/C20H23NO5/c1-20(2,3)26-19(25)21-17(18(23)24)11-13-7-9-14(10-8-13)15-5-4-6-16(22)12-15/h4-10,12,17,22H,11H2,1-3H3,(H,21,25)(H,23,24)/t17-/m0/s1. The highest BCUT2D eigenvalue weighted by atomic mass is 16.6. The lowest BCUT2D eigenvalue weighted by Gasteiger charge is -2.22. The molecule has 0 aliphatic heterocycles. The number of phenols is 1. The van der Waals surface area contributed by atoms with Gasteiger partial charge in [0.05, 0.1) is 0 Å². The molecule has 2 rings (SSSR count). The number of benzene rings is 2. The number of rotatable bonds is 5. The van der Waals surface area contributed by atoms with Crippen LogP contribution in [0.3, 0.4) is 0 Å². The summed E-state index contributed by atoms with van der Waals surface area (Å²) in [6.07, 6.45) is -0.629. The normalized spacial score (nSPS) is 12.3. The van der Waals surface area contributed by atoms with Crippen molar-refractivity contribution in [3.63, 3.8) is 0 Å². The summed E-state index contributed by atoms with van der Waals surface area (Å²) in [7, 11) is 0. The van der Waals surface area contributed by atoms with Gasteiger partial charge in [-0.2, -0.15) is 0 Å². The van der Waals surface area contributed by atoms with E-state index in [-0.39, 0.29) is 12.2 Å². The average molecular weight is 357 g/mol. The van der Waals surface area contributed by atoms with Gasteiger partial charge in [-0.15, -0.1) is 0 Å².